The van der Waals surface area contributed by atoms with Crippen LogP contribution in [0.4, 0.5) is 8.78 Å². The van der Waals surface area contributed by atoms with Gasteiger partial charge in [-0.3, -0.25) is 4.79 Å². The number of alkyl halides is 3. The zero-order chi connectivity index (χ0) is 12.1. The number of halogens is 3. The van der Waals surface area contributed by atoms with Gasteiger partial charge in [-0.15, -0.1) is 11.6 Å². The minimum Gasteiger partial charge on any atom is -0.336 e. The molecule has 5 heteroatoms. The van der Waals surface area contributed by atoms with Crippen molar-refractivity contribution in [2.75, 3.05) is 13.6 Å². The van der Waals surface area contributed by atoms with Gasteiger partial charge in [0.25, 0.3) is 12.3 Å². The lowest BCUT2D eigenvalue weighted by Gasteiger charge is -2.16. The van der Waals surface area contributed by atoms with Crippen molar-refractivity contribution < 1.29 is 13.6 Å². The molecule has 88 valence electrons. The molecule has 0 aromatic heterocycles. The maximum absolute atomic E-state index is 12.1. The average molecular weight is 248 g/mol. The molecule has 1 amide bonds. The summed E-state index contributed by atoms with van der Waals surface area (Å²) in [6.07, 6.45) is -2.52. The lowest BCUT2D eigenvalue weighted by Crippen LogP contribution is -2.31. The standard InChI is InChI=1S/C11H12ClF2NO/c1-15(7-10(13)14)11(16)9-4-2-3-8(5-9)6-12/h2-5,10H,6-7H2,1H3. The van der Waals surface area contributed by atoms with Gasteiger partial charge in [0.1, 0.15) is 0 Å². The molecule has 16 heavy (non-hydrogen) atoms. The summed E-state index contributed by atoms with van der Waals surface area (Å²) in [5.74, 6) is -0.132. The third-order valence-electron chi connectivity index (χ3n) is 2.09. The molecule has 1 rings (SSSR count). The van der Waals surface area contributed by atoms with E-state index in [0.29, 0.717) is 11.4 Å². The van der Waals surface area contributed by atoms with Crippen LogP contribution >= 0.6 is 11.6 Å². The number of amides is 1. The highest BCUT2D eigenvalue weighted by atomic mass is 35.5. The Hall–Kier alpha value is -1.16. The average Bonchev–Trinajstić information content (AvgIpc) is 2.27. The van der Waals surface area contributed by atoms with E-state index < -0.39 is 18.9 Å². The van der Waals surface area contributed by atoms with Crippen LogP contribution in [0.3, 0.4) is 0 Å². The predicted molar refractivity (Wildman–Crippen MR) is 59.0 cm³/mol. The summed E-state index contributed by atoms with van der Waals surface area (Å²) < 4.78 is 24.2. The van der Waals surface area contributed by atoms with Crippen LogP contribution in [0, 0.1) is 0 Å². The largest absolute Gasteiger partial charge is 0.336 e. The fourth-order valence-corrected chi connectivity index (χ4v) is 1.46. The first kappa shape index (κ1) is 12.9. The maximum atomic E-state index is 12.1. The zero-order valence-corrected chi connectivity index (χ0v) is 9.55. The topological polar surface area (TPSA) is 20.3 Å². The second-order valence-electron chi connectivity index (χ2n) is 3.41. The van der Waals surface area contributed by atoms with Gasteiger partial charge in [0, 0.05) is 18.5 Å². The van der Waals surface area contributed by atoms with Gasteiger partial charge in [0.2, 0.25) is 0 Å². The summed E-state index contributed by atoms with van der Waals surface area (Å²) in [7, 11) is 1.35. The number of hydrogen-bond donors (Lipinski definition) is 0. The van der Waals surface area contributed by atoms with Crippen molar-refractivity contribution in [3.8, 4) is 0 Å². The molecule has 0 aliphatic carbocycles. The summed E-state index contributed by atoms with van der Waals surface area (Å²) >= 11 is 5.62. The van der Waals surface area contributed by atoms with E-state index in [-0.39, 0.29) is 0 Å². The number of rotatable bonds is 4. The van der Waals surface area contributed by atoms with Gasteiger partial charge in [-0.05, 0) is 17.7 Å². The van der Waals surface area contributed by atoms with E-state index in [1.807, 2.05) is 0 Å². The molecule has 0 aliphatic heterocycles. The number of hydrogen-bond acceptors (Lipinski definition) is 1. The molecule has 1 aromatic carbocycles. The zero-order valence-electron chi connectivity index (χ0n) is 8.79. The lowest BCUT2D eigenvalue weighted by molar-refractivity contribution is 0.0620. The fraction of sp³-hybridized carbons (Fsp3) is 0.364. The molecule has 0 fully saturated rings. The highest BCUT2D eigenvalue weighted by molar-refractivity contribution is 6.17. The molecule has 1 aromatic rings. The third kappa shape index (κ3) is 3.45. The highest BCUT2D eigenvalue weighted by Gasteiger charge is 2.15. The maximum Gasteiger partial charge on any atom is 0.255 e. The van der Waals surface area contributed by atoms with E-state index in [1.165, 1.54) is 7.05 Å². The van der Waals surface area contributed by atoms with Gasteiger partial charge in [-0.1, -0.05) is 12.1 Å². The van der Waals surface area contributed by atoms with Gasteiger partial charge in [0.15, 0.2) is 0 Å². The number of nitrogens with zero attached hydrogens (tertiary/aromatic N) is 1. The van der Waals surface area contributed by atoms with Crippen LogP contribution in [0.25, 0.3) is 0 Å². The first-order valence-corrected chi connectivity index (χ1v) is 5.26. The molecule has 0 atom stereocenters. The summed E-state index contributed by atoms with van der Waals surface area (Å²) in [4.78, 5) is 12.7. The molecule has 0 aliphatic rings. The van der Waals surface area contributed by atoms with Crippen LogP contribution in [-0.2, 0) is 5.88 Å². The van der Waals surface area contributed by atoms with E-state index in [4.69, 9.17) is 11.6 Å². The van der Waals surface area contributed by atoms with E-state index in [0.717, 1.165) is 10.5 Å². The van der Waals surface area contributed by atoms with E-state index in [2.05, 4.69) is 0 Å². The van der Waals surface area contributed by atoms with Crippen LogP contribution in [-0.4, -0.2) is 30.8 Å². The molecule has 0 saturated carbocycles. The first-order chi connectivity index (χ1) is 7.54. The molecule has 0 heterocycles. The van der Waals surface area contributed by atoms with Crippen LogP contribution in [0.5, 0.6) is 0 Å². The van der Waals surface area contributed by atoms with E-state index in [9.17, 15) is 13.6 Å². The molecule has 0 spiro atoms. The van der Waals surface area contributed by atoms with Gasteiger partial charge < -0.3 is 4.90 Å². The van der Waals surface area contributed by atoms with Gasteiger partial charge in [0.05, 0.1) is 6.54 Å². The Balaban J connectivity index is 2.79. The van der Waals surface area contributed by atoms with Crippen molar-refractivity contribution in [1.29, 1.82) is 0 Å². The molecular formula is C11H12ClF2NO. The Morgan fingerprint density at radius 2 is 2.19 bits per heavy atom. The van der Waals surface area contributed by atoms with Crippen molar-refractivity contribution in [2.24, 2.45) is 0 Å². The van der Waals surface area contributed by atoms with Crippen molar-refractivity contribution in [3.05, 3.63) is 35.4 Å². The molecular weight excluding hydrogens is 236 g/mol. The number of benzene rings is 1. The summed E-state index contributed by atoms with van der Waals surface area (Å²) in [5.41, 5.74) is 1.17. The highest BCUT2D eigenvalue weighted by Crippen LogP contribution is 2.10. The quantitative estimate of drug-likeness (QED) is 0.750. The Morgan fingerprint density at radius 1 is 1.50 bits per heavy atom. The Kier molecular flexibility index (Phi) is 4.68. The Morgan fingerprint density at radius 3 is 2.75 bits per heavy atom. The Bertz CT molecular complexity index is 371. The van der Waals surface area contributed by atoms with Crippen LogP contribution in [0.15, 0.2) is 24.3 Å². The van der Waals surface area contributed by atoms with Gasteiger partial charge in [-0.2, -0.15) is 0 Å². The van der Waals surface area contributed by atoms with E-state index in [1.54, 1.807) is 24.3 Å². The fourth-order valence-electron chi connectivity index (χ4n) is 1.30. The summed E-state index contributed by atoms with van der Waals surface area (Å²) in [5, 5.41) is 0. The van der Waals surface area contributed by atoms with Crippen molar-refractivity contribution in [1.82, 2.24) is 4.90 Å². The predicted octanol–water partition coefficient (Wildman–Crippen LogP) is 2.76. The van der Waals surface area contributed by atoms with Crippen LogP contribution in [0.2, 0.25) is 0 Å². The number of carbonyl (C=O) groups excluding carboxylic acids is 1. The minimum atomic E-state index is -2.52. The van der Waals surface area contributed by atoms with Gasteiger partial charge >= 0.3 is 0 Å². The van der Waals surface area contributed by atoms with Gasteiger partial charge in [-0.25, -0.2) is 8.78 Å². The van der Waals surface area contributed by atoms with Crippen LogP contribution < -0.4 is 0 Å². The molecule has 0 unspecified atom stereocenters. The van der Waals surface area contributed by atoms with Crippen molar-refractivity contribution >= 4 is 17.5 Å². The SMILES string of the molecule is CN(CC(F)F)C(=O)c1cccc(CCl)c1. The second kappa shape index (κ2) is 5.80. The lowest BCUT2D eigenvalue weighted by atomic mass is 10.1. The van der Waals surface area contributed by atoms with Crippen molar-refractivity contribution in [3.63, 3.8) is 0 Å². The monoisotopic (exact) mass is 247 g/mol. The molecule has 0 radical (unpaired) electrons. The van der Waals surface area contributed by atoms with Crippen LogP contribution in [0.1, 0.15) is 15.9 Å². The third-order valence-corrected chi connectivity index (χ3v) is 2.40. The number of carbonyl (C=O) groups is 1. The minimum absolute atomic E-state index is 0.291. The molecule has 0 N–H and O–H groups in total. The molecule has 2 nitrogen and oxygen atoms in total. The molecule has 0 bridgehead atoms. The van der Waals surface area contributed by atoms with E-state index >= 15 is 0 Å². The Labute approximate surface area is 97.8 Å². The smallest absolute Gasteiger partial charge is 0.255 e. The normalized spacial score (nSPS) is 10.6. The first-order valence-electron chi connectivity index (χ1n) is 4.73. The molecule has 0 saturated heterocycles. The second-order valence-corrected chi connectivity index (χ2v) is 3.68. The summed E-state index contributed by atoms with van der Waals surface area (Å²) in [6.45, 7) is -0.566. The van der Waals surface area contributed by atoms with Crippen molar-refractivity contribution in [2.45, 2.75) is 12.3 Å². The summed E-state index contributed by atoms with van der Waals surface area (Å²) in [6, 6.07) is 6.65.